The molecule has 154 valence electrons. The molecule has 0 radical (unpaired) electrons. The number of nitrogens with one attached hydrogen (secondary N) is 1. The molecule has 1 N–H and O–H groups in total. The van der Waals surface area contributed by atoms with Gasteiger partial charge in [-0.1, -0.05) is 43.3 Å². The third-order valence-electron chi connectivity index (χ3n) is 4.74. The van der Waals surface area contributed by atoms with E-state index in [0.29, 0.717) is 10.9 Å². The van der Waals surface area contributed by atoms with Gasteiger partial charge in [0.2, 0.25) is 0 Å². The topological polar surface area (TPSA) is 108 Å². The summed E-state index contributed by atoms with van der Waals surface area (Å²) in [6, 6.07) is 11.2. The molecule has 0 aliphatic carbocycles. The van der Waals surface area contributed by atoms with Crippen molar-refractivity contribution in [3.8, 4) is 0 Å². The van der Waals surface area contributed by atoms with Gasteiger partial charge in [0.1, 0.15) is 6.04 Å². The summed E-state index contributed by atoms with van der Waals surface area (Å²) in [7, 11) is 3.39. The van der Waals surface area contributed by atoms with Crippen LogP contribution in [0.15, 0.2) is 42.5 Å². The van der Waals surface area contributed by atoms with Crippen LogP contribution in [-0.4, -0.2) is 51.2 Å². The molecule has 1 amide bonds. The van der Waals surface area contributed by atoms with Gasteiger partial charge in [0.05, 0.1) is 21.3 Å². The molecule has 0 aliphatic rings. The molecule has 2 rings (SSSR count). The molecule has 0 saturated carbocycles. The number of fused-ring (bicyclic) bond motifs is 1. The molecule has 29 heavy (non-hydrogen) atoms. The maximum atomic E-state index is 12.9. The first-order valence-electron chi connectivity index (χ1n) is 8.87. The molecule has 0 bridgehead atoms. The Morgan fingerprint density at radius 1 is 0.793 bits per heavy atom. The second kappa shape index (κ2) is 9.68. The minimum absolute atomic E-state index is 0.344. The summed E-state index contributed by atoms with van der Waals surface area (Å²) in [6.45, 7) is 1.46. The molecule has 0 heterocycles. The van der Waals surface area contributed by atoms with Crippen LogP contribution in [0.1, 0.15) is 17.3 Å². The third kappa shape index (κ3) is 4.71. The number of hydrogen-bond acceptors (Lipinski definition) is 7. The Morgan fingerprint density at radius 3 is 1.93 bits per heavy atom. The van der Waals surface area contributed by atoms with E-state index in [1.807, 2.05) is 18.2 Å². The number of methoxy groups -OCH3 is 3. The van der Waals surface area contributed by atoms with E-state index in [9.17, 15) is 19.2 Å². The van der Waals surface area contributed by atoms with E-state index < -0.39 is 41.7 Å². The molecule has 2 aromatic rings. The van der Waals surface area contributed by atoms with E-state index in [1.54, 1.807) is 24.3 Å². The van der Waals surface area contributed by atoms with Crippen molar-refractivity contribution >= 4 is 34.6 Å². The van der Waals surface area contributed by atoms with Gasteiger partial charge in [-0.15, -0.1) is 0 Å². The van der Waals surface area contributed by atoms with Gasteiger partial charge in [-0.3, -0.25) is 14.4 Å². The molecule has 0 aliphatic heterocycles. The highest BCUT2D eigenvalue weighted by atomic mass is 16.5. The van der Waals surface area contributed by atoms with Crippen LogP contribution in [0.5, 0.6) is 0 Å². The normalized spacial score (nSPS) is 12.7. The first kappa shape index (κ1) is 21.9. The molecule has 0 fully saturated rings. The smallest absolute Gasteiger partial charge is 0.328 e. The van der Waals surface area contributed by atoms with Gasteiger partial charge in [-0.2, -0.15) is 0 Å². The van der Waals surface area contributed by atoms with E-state index in [0.717, 1.165) is 26.7 Å². The van der Waals surface area contributed by atoms with E-state index in [2.05, 4.69) is 14.8 Å². The summed E-state index contributed by atoms with van der Waals surface area (Å²) < 4.78 is 14.1. The van der Waals surface area contributed by atoms with Gasteiger partial charge < -0.3 is 19.5 Å². The van der Waals surface area contributed by atoms with Crippen molar-refractivity contribution in [2.45, 2.75) is 13.0 Å². The van der Waals surface area contributed by atoms with Gasteiger partial charge in [-0.05, 0) is 16.8 Å². The summed E-state index contributed by atoms with van der Waals surface area (Å²) in [6.07, 6.45) is 0. The molecule has 0 spiro atoms. The third-order valence-corrected chi connectivity index (χ3v) is 4.74. The van der Waals surface area contributed by atoms with Crippen molar-refractivity contribution in [3.63, 3.8) is 0 Å². The van der Waals surface area contributed by atoms with Crippen LogP contribution in [0.3, 0.4) is 0 Å². The summed E-state index contributed by atoms with van der Waals surface area (Å²) in [5.74, 6) is -5.50. The molecule has 8 nitrogen and oxygen atoms in total. The van der Waals surface area contributed by atoms with Crippen molar-refractivity contribution < 1.29 is 33.4 Å². The second-order valence-electron chi connectivity index (χ2n) is 6.38. The van der Waals surface area contributed by atoms with Gasteiger partial charge in [0.15, 0.2) is 5.92 Å². The zero-order chi connectivity index (χ0) is 21.6. The molecular formula is C21H23NO7. The number of esters is 3. The number of hydrogen-bond donors (Lipinski definition) is 1. The van der Waals surface area contributed by atoms with Crippen molar-refractivity contribution in [3.05, 3.63) is 48.0 Å². The standard InChI is InChI=1S/C21H23NO7/c1-12(16(19(24)27-2)20(25)28-3)17(21(26)29-4)22-18(23)15-11-7-9-13-8-5-6-10-14(13)15/h5-12,16-17H,1-4H3,(H,22,23)/t12-,17-/m1/s1. The number of amides is 1. The average molecular weight is 401 g/mol. The predicted octanol–water partition coefficient (Wildman–Crippen LogP) is 1.71. The van der Waals surface area contributed by atoms with E-state index >= 15 is 0 Å². The Kier molecular flexibility index (Phi) is 7.30. The SMILES string of the molecule is COC(=O)C(C(=O)OC)[C@@H](C)[C@@H](NC(=O)c1cccc2ccccc12)C(=O)OC. The summed E-state index contributed by atoms with van der Waals surface area (Å²) in [4.78, 5) is 49.5. The quantitative estimate of drug-likeness (QED) is 0.427. The number of carbonyl (C=O) groups is 4. The minimum atomic E-state index is -1.41. The van der Waals surface area contributed by atoms with Crippen LogP contribution in [-0.2, 0) is 28.6 Å². The van der Waals surface area contributed by atoms with Crippen molar-refractivity contribution in [2.75, 3.05) is 21.3 Å². The van der Waals surface area contributed by atoms with E-state index in [1.165, 1.54) is 6.92 Å². The maximum absolute atomic E-state index is 12.9. The fourth-order valence-electron chi connectivity index (χ4n) is 3.15. The summed E-state index contributed by atoms with van der Waals surface area (Å²) >= 11 is 0. The molecular weight excluding hydrogens is 378 g/mol. The molecule has 0 unspecified atom stereocenters. The van der Waals surface area contributed by atoms with Crippen LogP contribution in [0.4, 0.5) is 0 Å². The van der Waals surface area contributed by atoms with Crippen LogP contribution in [0, 0.1) is 11.8 Å². The van der Waals surface area contributed by atoms with Gasteiger partial charge in [0.25, 0.3) is 5.91 Å². The minimum Gasteiger partial charge on any atom is -0.468 e. The lowest BCUT2D eigenvalue weighted by atomic mass is 9.87. The number of carbonyl (C=O) groups excluding carboxylic acids is 4. The predicted molar refractivity (Wildman–Crippen MR) is 104 cm³/mol. The van der Waals surface area contributed by atoms with Crippen molar-refractivity contribution in [1.82, 2.24) is 5.32 Å². The Labute approximate surface area is 168 Å². The van der Waals surface area contributed by atoms with Gasteiger partial charge in [0, 0.05) is 11.5 Å². The molecule has 0 saturated heterocycles. The Hall–Kier alpha value is -3.42. The van der Waals surface area contributed by atoms with Crippen LogP contribution >= 0.6 is 0 Å². The molecule has 2 atom stereocenters. The number of rotatable bonds is 7. The van der Waals surface area contributed by atoms with Crippen molar-refractivity contribution in [2.24, 2.45) is 11.8 Å². The Bertz CT molecular complexity index is 903. The van der Waals surface area contributed by atoms with E-state index in [4.69, 9.17) is 4.74 Å². The highest BCUT2D eigenvalue weighted by molar-refractivity contribution is 6.08. The van der Waals surface area contributed by atoms with Gasteiger partial charge in [-0.25, -0.2) is 4.79 Å². The lowest BCUT2D eigenvalue weighted by Gasteiger charge is -2.27. The highest BCUT2D eigenvalue weighted by Crippen LogP contribution is 2.22. The second-order valence-corrected chi connectivity index (χ2v) is 6.38. The summed E-state index contributed by atoms with van der Waals surface area (Å²) in [5.41, 5.74) is 0.344. The lowest BCUT2D eigenvalue weighted by molar-refractivity contribution is -0.162. The lowest BCUT2D eigenvalue weighted by Crippen LogP contribution is -2.51. The largest absolute Gasteiger partial charge is 0.468 e. The first-order chi connectivity index (χ1) is 13.8. The van der Waals surface area contributed by atoms with Gasteiger partial charge >= 0.3 is 17.9 Å². The number of ether oxygens (including phenoxy) is 3. The van der Waals surface area contributed by atoms with Crippen LogP contribution in [0.2, 0.25) is 0 Å². The van der Waals surface area contributed by atoms with Crippen molar-refractivity contribution in [1.29, 1.82) is 0 Å². The fourth-order valence-corrected chi connectivity index (χ4v) is 3.15. The molecule has 8 heteroatoms. The number of benzene rings is 2. The molecule has 2 aromatic carbocycles. The fraction of sp³-hybridized carbons (Fsp3) is 0.333. The van der Waals surface area contributed by atoms with E-state index in [-0.39, 0.29) is 0 Å². The maximum Gasteiger partial charge on any atom is 0.328 e. The Morgan fingerprint density at radius 2 is 1.34 bits per heavy atom. The van der Waals surface area contributed by atoms with Crippen LogP contribution < -0.4 is 5.32 Å². The average Bonchev–Trinajstić information content (AvgIpc) is 2.75. The Balaban J connectivity index is 2.39. The summed E-state index contributed by atoms with van der Waals surface area (Å²) in [5, 5.41) is 4.13. The van der Waals surface area contributed by atoms with Crippen LogP contribution in [0.25, 0.3) is 10.8 Å². The highest BCUT2D eigenvalue weighted by Gasteiger charge is 2.42. The molecule has 0 aromatic heterocycles. The monoisotopic (exact) mass is 401 g/mol. The zero-order valence-electron chi connectivity index (χ0n) is 16.6. The zero-order valence-corrected chi connectivity index (χ0v) is 16.6. The first-order valence-corrected chi connectivity index (χ1v) is 8.87.